The monoisotopic (exact) mass is 555 g/mol. The molecule has 2 amide bonds. The maximum atomic E-state index is 13.1. The number of amides is 2. The molecule has 0 unspecified atom stereocenters. The number of rotatable bonds is 10. The molecule has 5 nitrogen and oxygen atoms in total. The summed E-state index contributed by atoms with van der Waals surface area (Å²) in [5, 5.41) is 0. The summed E-state index contributed by atoms with van der Waals surface area (Å²) in [6.07, 6.45) is 9.44. The Labute approximate surface area is 201 Å². The van der Waals surface area contributed by atoms with Gasteiger partial charge in [-0.05, 0) is 31.4 Å². The van der Waals surface area contributed by atoms with Gasteiger partial charge in [0, 0.05) is 16.1 Å². The van der Waals surface area contributed by atoms with E-state index < -0.39 is 0 Å². The van der Waals surface area contributed by atoms with Crippen molar-refractivity contribution in [3.05, 3.63) is 24.3 Å². The quantitative estimate of drug-likeness (QED) is 0.114. The van der Waals surface area contributed by atoms with Crippen LogP contribution in [0.5, 0.6) is 5.75 Å². The number of carbonyl (C=O) groups excluding carboxylic acids is 3. The fourth-order valence-corrected chi connectivity index (χ4v) is 5.70. The fraction of sp³-hybridized carbons (Fsp3) is 0.625. The second kappa shape index (κ2) is 11.6. The van der Waals surface area contributed by atoms with Crippen molar-refractivity contribution in [2.45, 2.75) is 80.8 Å². The topological polar surface area (TPSA) is 63.7 Å². The highest BCUT2D eigenvalue weighted by molar-refractivity contribution is 9.12. The first-order valence-corrected chi connectivity index (χ1v) is 13.2. The van der Waals surface area contributed by atoms with Crippen molar-refractivity contribution < 1.29 is 19.1 Å². The summed E-state index contributed by atoms with van der Waals surface area (Å²) >= 11 is 7.22. The Bertz CT molecular complexity index is 772. The molecule has 1 saturated heterocycles. The SMILES string of the molecule is CCCCCCCCCC(=O)Oc1ccccc1N1C(=O)[C@H]2C[C@@H](Br)[C@@H](Br)C[C@H]2C1=O. The summed E-state index contributed by atoms with van der Waals surface area (Å²) < 4.78 is 5.59. The molecule has 0 N–H and O–H groups in total. The lowest BCUT2D eigenvalue weighted by atomic mass is 9.81. The number of carbonyl (C=O) groups is 3. The molecule has 31 heavy (non-hydrogen) atoms. The lowest BCUT2D eigenvalue weighted by Gasteiger charge is -2.29. The largest absolute Gasteiger partial charge is 0.424 e. The zero-order chi connectivity index (χ0) is 22.4. The number of ether oxygens (including phenoxy) is 1. The first-order chi connectivity index (χ1) is 14.9. The fourth-order valence-electron chi connectivity index (χ4n) is 4.46. The number of benzene rings is 1. The van der Waals surface area contributed by atoms with E-state index in [0.29, 0.717) is 24.9 Å². The van der Waals surface area contributed by atoms with Crippen LogP contribution < -0.4 is 9.64 Å². The Hall–Kier alpha value is -1.21. The number of nitrogens with zero attached hydrogens (tertiary/aromatic N) is 1. The third-order valence-electron chi connectivity index (χ3n) is 6.23. The second-order valence-corrected chi connectivity index (χ2v) is 10.9. The Morgan fingerprint density at radius 1 is 0.935 bits per heavy atom. The molecule has 170 valence electrons. The lowest BCUT2D eigenvalue weighted by Crippen LogP contribution is -2.34. The Balaban J connectivity index is 1.61. The van der Waals surface area contributed by atoms with Crippen LogP contribution in [0.3, 0.4) is 0 Å². The number of anilines is 1. The summed E-state index contributed by atoms with van der Waals surface area (Å²) in [5.74, 6) is -1.10. The zero-order valence-corrected chi connectivity index (χ0v) is 21.2. The van der Waals surface area contributed by atoms with E-state index in [9.17, 15) is 14.4 Å². The summed E-state index contributed by atoms with van der Waals surface area (Å²) in [4.78, 5) is 40.1. The van der Waals surface area contributed by atoms with E-state index in [1.807, 2.05) is 0 Å². The maximum absolute atomic E-state index is 13.1. The van der Waals surface area contributed by atoms with Gasteiger partial charge in [0.15, 0.2) is 5.75 Å². The van der Waals surface area contributed by atoms with Crippen molar-refractivity contribution in [1.29, 1.82) is 0 Å². The second-order valence-electron chi connectivity index (χ2n) is 8.54. The van der Waals surface area contributed by atoms with Gasteiger partial charge in [-0.25, -0.2) is 4.90 Å². The number of fused-ring (bicyclic) bond motifs is 1. The predicted octanol–water partition coefficient (Wildman–Crippen LogP) is 6.16. The molecule has 3 rings (SSSR count). The zero-order valence-electron chi connectivity index (χ0n) is 18.0. The van der Waals surface area contributed by atoms with Gasteiger partial charge in [-0.1, -0.05) is 89.4 Å². The van der Waals surface area contributed by atoms with E-state index in [4.69, 9.17) is 4.74 Å². The number of halogens is 2. The van der Waals surface area contributed by atoms with Crippen molar-refractivity contribution >= 4 is 55.3 Å². The van der Waals surface area contributed by atoms with E-state index >= 15 is 0 Å². The van der Waals surface area contributed by atoms with E-state index in [1.165, 1.54) is 30.6 Å². The predicted molar refractivity (Wildman–Crippen MR) is 129 cm³/mol. The van der Waals surface area contributed by atoms with Crippen LogP contribution in [0, 0.1) is 11.8 Å². The van der Waals surface area contributed by atoms with Crippen LogP contribution in [0.4, 0.5) is 5.69 Å². The molecule has 7 heteroatoms. The van der Waals surface area contributed by atoms with Gasteiger partial charge in [0.25, 0.3) is 0 Å². The lowest BCUT2D eigenvalue weighted by molar-refractivity contribution is -0.134. The van der Waals surface area contributed by atoms with Crippen LogP contribution in [-0.4, -0.2) is 27.4 Å². The molecule has 0 radical (unpaired) electrons. The van der Waals surface area contributed by atoms with Gasteiger partial charge in [-0.2, -0.15) is 0 Å². The van der Waals surface area contributed by atoms with Gasteiger partial charge < -0.3 is 4.74 Å². The molecule has 0 aromatic heterocycles. The average Bonchev–Trinajstić information content (AvgIpc) is 2.98. The number of imide groups is 1. The molecular weight excluding hydrogens is 526 g/mol. The summed E-state index contributed by atoms with van der Waals surface area (Å²) in [5.41, 5.74) is 0.372. The van der Waals surface area contributed by atoms with Crippen molar-refractivity contribution in [3.8, 4) is 5.75 Å². The maximum Gasteiger partial charge on any atom is 0.311 e. The van der Waals surface area contributed by atoms with Crippen LogP contribution in [0.1, 0.15) is 71.1 Å². The number of para-hydroxylation sites is 2. The molecule has 1 heterocycles. The molecule has 0 bridgehead atoms. The van der Waals surface area contributed by atoms with E-state index in [1.54, 1.807) is 24.3 Å². The standard InChI is InChI=1S/C24H31Br2NO4/c1-2-3-4-5-6-7-8-13-22(28)31-21-12-10-9-11-20(21)27-23(29)16-14-18(25)19(26)15-17(16)24(27)30/h9-12,16-19H,2-8,13-15H2,1H3/t16-,17+,18+,19-. The minimum absolute atomic E-state index is 0.153. The molecule has 1 aliphatic carbocycles. The third-order valence-corrected chi connectivity index (χ3v) is 8.96. The summed E-state index contributed by atoms with van der Waals surface area (Å²) in [6.45, 7) is 2.20. The summed E-state index contributed by atoms with van der Waals surface area (Å²) in [6, 6.07) is 6.84. The van der Waals surface area contributed by atoms with Gasteiger partial charge >= 0.3 is 5.97 Å². The van der Waals surface area contributed by atoms with Crippen LogP contribution in [0.2, 0.25) is 0 Å². The van der Waals surface area contributed by atoms with Crippen molar-refractivity contribution in [1.82, 2.24) is 0 Å². The first kappa shape index (κ1) is 24.4. The van der Waals surface area contributed by atoms with Crippen LogP contribution >= 0.6 is 31.9 Å². The first-order valence-electron chi connectivity index (χ1n) is 11.4. The van der Waals surface area contributed by atoms with Gasteiger partial charge in [0.2, 0.25) is 11.8 Å². The molecule has 1 aliphatic heterocycles. The number of alkyl halides is 2. The Kier molecular flexibility index (Phi) is 9.14. The molecular formula is C24H31Br2NO4. The van der Waals surface area contributed by atoms with E-state index in [2.05, 4.69) is 38.8 Å². The molecule has 0 spiro atoms. The van der Waals surface area contributed by atoms with Gasteiger partial charge in [-0.15, -0.1) is 0 Å². The number of hydrogen-bond acceptors (Lipinski definition) is 4. The number of esters is 1. The van der Waals surface area contributed by atoms with Crippen molar-refractivity contribution in [2.24, 2.45) is 11.8 Å². The Morgan fingerprint density at radius 3 is 2.10 bits per heavy atom. The van der Waals surface area contributed by atoms with Crippen LogP contribution in [-0.2, 0) is 14.4 Å². The molecule has 2 fully saturated rings. The smallest absolute Gasteiger partial charge is 0.311 e. The number of hydrogen-bond donors (Lipinski definition) is 0. The number of unbranched alkanes of at least 4 members (excludes halogenated alkanes) is 6. The normalized spacial score (nSPS) is 25.6. The highest BCUT2D eigenvalue weighted by atomic mass is 79.9. The van der Waals surface area contributed by atoms with Crippen molar-refractivity contribution in [2.75, 3.05) is 4.90 Å². The van der Waals surface area contributed by atoms with Gasteiger partial charge in [0.05, 0.1) is 17.5 Å². The summed E-state index contributed by atoms with van der Waals surface area (Å²) in [7, 11) is 0. The van der Waals surface area contributed by atoms with Crippen LogP contribution in [0.15, 0.2) is 24.3 Å². The Morgan fingerprint density at radius 2 is 1.48 bits per heavy atom. The van der Waals surface area contributed by atoms with E-state index in [-0.39, 0.29) is 45.0 Å². The third kappa shape index (κ3) is 5.98. The highest BCUT2D eigenvalue weighted by Crippen LogP contribution is 2.45. The van der Waals surface area contributed by atoms with E-state index in [0.717, 1.165) is 19.3 Å². The molecule has 1 aromatic carbocycles. The van der Waals surface area contributed by atoms with Crippen molar-refractivity contribution in [3.63, 3.8) is 0 Å². The minimum atomic E-state index is -0.331. The minimum Gasteiger partial charge on any atom is -0.424 e. The average molecular weight is 557 g/mol. The van der Waals surface area contributed by atoms with Gasteiger partial charge in [0.1, 0.15) is 0 Å². The highest BCUT2D eigenvalue weighted by Gasteiger charge is 2.52. The molecule has 1 saturated carbocycles. The molecule has 2 aliphatic rings. The molecule has 1 aromatic rings. The van der Waals surface area contributed by atoms with Crippen LogP contribution in [0.25, 0.3) is 0 Å². The van der Waals surface area contributed by atoms with Gasteiger partial charge in [-0.3, -0.25) is 14.4 Å². The molecule has 4 atom stereocenters.